The summed E-state index contributed by atoms with van der Waals surface area (Å²) in [6.45, 7) is 9.98. The molecule has 0 bridgehead atoms. The highest BCUT2D eigenvalue weighted by atomic mass is 35.5. The second-order valence-corrected chi connectivity index (χ2v) is 8.83. The second kappa shape index (κ2) is 9.00. The number of amides is 1. The molecule has 1 N–H and O–H groups in total. The average molecular weight is 425 g/mol. The fourth-order valence-corrected chi connectivity index (χ4v) is 2.83. The fraction of sp³-hybridized carbons (Fsp3) is 0.550. The number of hydrogen-bond acceptors (Lipinski definition) is 7. The van der Waals surface area contributed by atoms with Crippen molar-refractivity contribution in [2.24, 2.45) is 0 Å². The Bertz CT molecular complexity index is 845. The molecule has 1 heterocycles. The predicted molar refractivity (Wildman–Crippen MR) is 110 cm³/mol. The first-order valence-electron chi connectivity index (χ1n) is 9.25. The van der Waals surface area contributed by atoms with Crippen LogP contribution < -0.4 is 10.1 Å². The molecule has 0 aliphatic rings. The van der Waals surface area contributed by atoms with Crippen LogP contribution in [0.2, 0.25) is 5.02 Å². The van der Waals surface area contributed by atoms with Crippen molar-refractivity contribution >= 4 is 17.7 Å². The molecule has 0 spiro atoms. The van der Waals surface area contributed by atoms with E-state index in [9.17, 15) is 4.79 Å². The normalized spacial score (nSPS) is 12.2. The molecule has 1 aromatic carbocycles. The van der Waals surface area contributed by atoms with E-state index in [0.717, 1.165) is 11.3 Å². The molecule has 0 fully saturated rings. The number of alkyl carbamates (subject to hydrolysis) is 1. The van der Waals surface area contributed by atoms with Gasteiger partial charge in [0.2, 0.25) is 5.89 Å². The molecular weight excluding hydrogens is 396 g/mol. The molecule has 1 amide bonds. The number of halogens is 1. The van der Waals surface area contributed by atoms with Crippen LogP contribution in [0, 0.1) is 0 Å². The van der Waals surface area contributed by atoms with Gasteiger partial charge in [-0.05, 0) is 59.9 Å². The second-order valence-electron chi connectivity index (χ2n) is 8.39. The number of benzene rings is 1. The summed E-state index contributed by atoms with van der Waals surface area (Å²) in [6.07, 6.45) is -0.543. The maximum Gasteiger partial charge on any atom is 0.408 e. The standard InChI is InChI=1S/C20H29ClN4O4/c1-19(2,3)28-18(26)23-20(4,5)17-22-16(29-24-17)12-25(6)11-13-10-14(21)8-9-15(13)27-7/h8-10H,11-12H2,1-7H3,(H,23,26). The summed E-state index contributed by atoms with van der Waals surface area (Å²) in [7, 11) is 3.55. The van der Waals surface area contributed by atoms with Gasteiger partial charge in [0.05, 0.1) is 13.7 Å². The highest BCUT2D eigenvalue weighted by molar-refractivity contribution is 6.30. The molecule has 0 atom stereocenters. The van der Waals surface area contributed by atoms with Gasteiger partial charge in [0, 0.05) is 17.1 Å². The lowest BCUT2D eigenvalue weighted by Crippen LogP contribution is -2.44. The summed E-state index contributed by atoms with van der Waals surface area (Å²) < 4.78 is 16.0. The summed E-state index contributed by atoms with van der Waals surface area (Å²) in [6, 6.07) is 5.49. The molecule has 0 radical (unpaired) electrons. The van der Waals surface area contributed by atoms with Crippen LogP contribution in [-0.2, 0) is 23.4 Å². The average Bonchev–Trinajstić information content (AvgIpc) is 3.02. The molecular formula is C20H29ClN4O4. The van der Waals surface area contributed by atoms with Gasteiger partial charge < -0.3 is 19.3 Å². The van der Waals surface area contributed by atoms with Crippen molar-refractivity contribution in [2.45, 2.75) is 58.8 Å². The zero-order valence-corrected chi connectivity index (χ0v) is 18.8. The number of nitrogens with zero attached hydrogens (tertiary/aromatic N) is 3. The number of nitrogens with one attached hydrogen (secondary N) is 1. The van der Waals surface area contributed by atoms with Gasteiger partial charge in [-0.3, -0.25) is 4.90 Å². The maximum absolute atomic E-state index is 12.1. The van der Waals surface area contributed by atoms with Gasteiger partial charge in [-0.1, -0.05) is 16.8 Å². The van der Waals surface area contributed by atoms with Crippen molar-refractivity contribution in [1.29, 1.82) is 0 Å². The van der Waals surface area contributed by atoms with E-state index in [0.29, 0.717) is 29.8 Å². The Morgan fingerprint density at radius 3 is 2.55 bits per heavy atom. The van der Waals surface area contributed by atoms with Crippen LogP contribution in [0.4, 0.5) is 4.79 Å². The fourth-order valence-electron chi connectivity index (χ4n) is 2.64. The van der Waals surface area contributed by atoms with Gasteiger partial charge in [0.15, 0.2) is 5.82 Å². The van der Waals surface area contributed by atoms with Crippen molar-refractivity contribution < 1.29 is 18.8 Å². The van der Waals surface area contributed by atoms with Crippen molar-refractivity contribution in [2.75, 3.05) is 14.2 Å². The molecule has 160 valence electrons. The Morgan fingerprint density at radius 2 is 1.93 bits per heavy atom. The molecule has 1 aromatic heterocycles. The highest BCUT2D eigenvalue weighted by Crippen LogP contribution is 2.24. The number of aromatic nitrogens is 2. The first-order chi connectivity index (χ1) is 13.4. The number of carbonyl (C=O) groups excluding carboxylic acids is 1. The first-order valence-corrected chi connectivity index (χ1v) is 9.62. The quantitative estimate of drug-likeness (QED) is 0.714. The monoisotopic (exact) mass is 424 g/mol. The molecule has 0 aliphatic carbocycles. The zero-order chi connectivity index (χ0) is 21.8. The van der Waals surface area contributed by atoms with Gasteiger partial charge in [-0.25, -0.2) is 4.79 Å². The Kier molecular flexibility index (Phi) is 7.13. The molecule has 2 aromatic rings. The van der Waals surface area contributed by atoms with Crippen LogP contribution in [-0.4, -0.2) is 40.9 Å². The third kappa shape index (κ3) is 6.90. The Balaban J connectivity index is 2.02. The summed E-state index contributed by atoms with van der Waals surface area (Å²) >= 11 is 6.09. The summed E-state index contributed by atoms with van der Waals surface area (Å²) in [4.78, 5) is 18.5. The molecule has 29 heavy (non-hydrogen) atoms. The van der Waals surface area contributed by atoms with Crippen LogP contribution in [0.1, 0.15) is 51.9 Å². The third-order valence-electron chi connectivity index (χ3n) is 3.93. The van der Waals surface area contributed by atoms with Crippen LogP contribution in [0.25, 0.3) is 0 Å². The lowest BCUT2D eigenvalue weighted by Gasteiger charge is -2.26. The van der Waals surface area contributed by atoms with Gasteiger partial charge in [-0.15, -0.1) is 0 Å². The van der Waals surface area contributed by atoms with E-state index in [-0.39, 0.29) is 0 Å². The van der Waals surface area contributed by atoms with Crippen LogP contribution >= 0.6 is 11.6 Å². The summed E-state index contributed by atoms with van der Waals surface area (Å²) in [5, 5.41) is 7.43. The van der Waals surface area contributed by atoms with E-state index >= 15 is 0 Å². The van der Waals surface area contributed by atoms with E-state index in [1.54, 1.807) is 47.8 Å². The smallest absolute Gasteiger partial charge is 0.408 e. The molecule has 0 saturated carbocycles. The van der Waals surface area contributed by atoms with E-state index in [4.69, 9.17) is 25.6 Å². The van der Waals surface area contributed by atoms with Crippen LogP contribution in [0.3, 0.4) is 0 Å². The number of methoxy groups -OCH3 is 1. The Morgan fingerprint density at radius 1 is 1.24 bits per heavy atom. The van der Waals surface area contributed by atoms with Gasteiger partial charge >= 0.3 is 6.09 Å². The number of carbonyl (C=O) groups is 1. The number of hydrogen-bond donors (Lipinski definition) is 1. The third-order valence-corrected chi connectivity index (χ3v) is 4.16. The van der Waals surface area contributed by atoms with Crippen LogP contribution in [0.5, 0.6) is 5.75 Å². The molecule has 9 heteroatoms. The molecule has 0 unspecified atom stereocenters. The van der Waals surface area contributed by atoms with Crippen molar-refractivity contribution in [3.8, 4) is 5.75 Å². The Labute approximate surface area is 176 Å². The molecule has 0 saturated heterocycles. The SMILES string of the molecule is COc1ccc(Cl)cc1CN(C)Cc1nc(C(C)(C)NC(=O)OC(C)(C)C)no1. The molecule has 0 aliphatic heterocycles. The van der Waals surface area contributed by atoms with Gasteiger partial charge in [0.1, 0.15) is 16.9 Å². The van der Waals surface area contributed by atoms with Crippen molar-refractivity contribution in [3.05, 3.63) is 40.5 Å². The van der Waals surface area contributed by atoms with E-state index in [2.05, 4.69) is 15.5 Å². The largest absolute Gasteiger partial charge is 0.496 e. The summed E-state index contributed by atoms with van der Waals surface area (Å²) in [5.41, 5.74) is -0.486. The minimum Gasteiger partial charge on any atom is -0.496 e. The lowest BCUT2D eigenvalue weighted by molar-refractivity contribution is 0.0465. The minimum absolute atomic E-state index is 0.368. The predicted octanol–water partition coefficient (Wildman–Crippen LogP) is 4.12. The molecule has 2 rings (SSSR count). The van der Waals surface area contributed by atoms with E-state index < -0.39 is 17.2 Å². The zero-order valence-electron chi connectivity index (χ0n) is 18.0. The highest BCUT2D eigenvalue weighted by Gasteiger charge is 2.31. The number of rotatable bonds is 7. The van der Waals surface area contributed by atoms with Crippen molar-refractivity contribution in [1.82, 2.24) is 20.4 Å². The minimum atomic E-state index is -0.848. The molecule has 8 nitrogen and oxygen atoms in total. The Hall–Kier alpha value is -2.32. The van der Waals surface area contributed by atoms with E-state index in [1.807, 2.05) is 24.1 Å². The maximum atomic E-state index is 12.1. The van der Waals surface area contributed by atoms with Gasteiger partial charge in [0.25, 0.3) is 0 Å². The van der Waals surface area contributed by atoms with Crippen molar-refractivity contribution in [3.63, 3.8) is 0 Å². The van der Waals surface area contributed by atoms with E-state index in [1.165, 1.54) is 0 Å². The topological polar surface area (TPSA) is 89.7 Å². The summed E-state index contributed by atoms with van der Waals surface area (Å²) in [5.74, 6) is 1.56. The number of ether oxygens (including phenoxy) is 2. The first kappa shape index (κ1) is 23.0. The van der Waals surface area contributed by atoms with Crippen LogP contribution in [0.15, 0.2) is 22.7 Å². The lowest BCUT2D eigenvalue weighted by atomic mass is 10.1. The van der Waals surface area contributed by atoms with Gasteiger partial charge in [-0.2, -0.15) is 4.98 Å².